The Bertz CT molecular complexity index is 448. The predicted molar refractivity (Wildman–Crippen MR) is 103 cm³/mol. The summed E-state index contributed by atoms with van der Waals surface area (Å²) in [5.41, 5.74) is -0.140. The molecule has 0 unspecified atom stereocenters. The molecule has 1 heterocycles. The van der Waals surface area contributed by atoms with Crippen LogP contribution in [0.4, 0.5) is 4.79 Å². The fourth-order valence-corrected chi connectivity index (χ4v) is 4.79. The zero-order valence-electron chi connectivity index (χ0n) is 15.4. The van der Waals surface area contributed by atoms with E-state index in [1.165, 1.54) is 23.7 Å². The van der Waals surface area contributed by atoms with Crippen molar-refractivity contribution in [2.24, 2.45) is 10.6 Å². The van der Waals surface area contributed by atoms with Gasteiger partial charge in [0.2, 0.25) is 0 Å². The molecule has 0 atom stereocenters. The zero-order valence-corrected chi connectivity index (χ0v) is 17.9. The van der Waals surface area contributed by atoms with Crippen LogP contribution in [0.25, 0.3) is 0 Å². The number of carbonyl (C=O) groups excluding carboxylic acids is 1. The number of carbonyl (C=O) groups is 1. The molecule has 24 heavy (non-hydrogen) atoms. The van der Waals surface area contributed by atoms with E-state index in [1.807, 2.05) is 6.26 Å². The van der Waals surface area contributed by atoms with Crippen molar-refractivity contribution < 1.29 is 18.7 Å². The highest BCUT2D eigenvalue weighted by Gasteiger charge is 2.38. The van der Waals surface area contributed by atoms with E-state index in [2.05, 4.69) is 49.2 Å². The Kier molecular flexibility index (Phi) is 8.79. The van der Waals surface area contributed by atoms with Crippen molar-refractivity contribution in [1.82, 2.24) is 9.39 Å². The highest BCUT2D eigenvalue weighted by atomic mass is 32.2. The number of hydrogen-bond donors (Lipinski definition) is 1. The van der Waals surface area contributed by atoms with Crippen molar-refractivity contribution in [3.8, 4) is 0 Å². The molecule has 1 fully saturated rings. The first-order valence-corrected chi connectivity index (χ1v) is 10.9. The summed E-state index contributed by atoms with van der Waals surface area (Å²) in [6.45, 7) is 13.6. The second-order valence-corrected chi connectivity index (χ2v) is 10.6. The molecule has 0 aromatic carbocycles. The van der Waals surface area contributed by atoms with Crippen molar-refractivity contribution in [2.45, 2.75) is 47.1 Å². The summed E-state index contributed by atoms with van der Waals surface area (Å²) in [5.74, 6) is 0.346. The SMILES string of the molecule is CSC(C)=NOC(=O)NCSN(P1OCC(C)(C)CO1)C(C)(C)C. The van der Waals surface area contributed by atoms with E-state index in [4.69, 9.17) is 13.9 Å². The van der Waals surface area contributed by atoms with Gasteiger partial charge in [0.05, 0.1) is 19.1 Å². The van der Waals surface area contributed by atoms with Crippen LogP contribution in [0.15, 0.2) is 5.16 Å². The largest absolute Gasteiger partial charge is 0.434 e. The van der Waals surface area contributed by atoms with E-state index in [1.54, 1.807) is 6.92 Å². The summed E-state index contributed by atoms with van der Waals surface area (Å²) in [6, 6.07) is 0. The number of rotatable bonds is 5. The van der Waals surface area contributed by atoms with Crippen molar-refractivity contribution >= 4 is 43.4 Å². The van der Waals surface area contributed by atoms with E-state index < -0.39 is 14.6 Å². The van der Waals surface area contributed by atoms with Crippen LogP contribution in [0.5, 0.6) is 0 Å². The Labute approximate surface area is 154 Å². The van der Waals surface area contributed by atoms with Crippen LogP contribution in [0, 0.1) is 5.41 Å². The number of hydrogen-bond acceptors (Lipinski definition) is 8. The lowest BCUT2D eigenvalue weighted by molar-refractivity contribution is 0.0471. The molecule has 140 valence electrons. The molecular formula is C14H28N3O4PS2. The van der Waals surface area contributed by atoms with E-state index in [0.29, 0.717) is 24.1 Å². The summed E-state index contributed by atoms with van der Waals surface area (Å²) in [5, 5.41) is 7.04. The van der Waals surface area contributed by atoms with Crippen molar-refractivity contribution in [3.63, 3.8) is 0 Å². The van der Waals surface area contributed by atoms with Gasteiger partial charge in [-0.05, 0) is 45.9 Å². The van der Waals surface area contributed by atoms with E-state index in [0.717, 1.165) is 0 Å². The minimum absolute atomic E-state index is 0.0300. The van der Waals surface area contributed by atoms with Gasteiger partial charge in [0.15, 0.2) is 0 Å². The molecule has 0 aromatic rings. The lowest BCUT2D eigenvalue weighted by Gasteiger charge is -2.42. The van der Waals surface area contributed by atoms with Crippen LogP contribution < -0.4 is 5.32 Å². The molecule has 0 aliphatic carbocycles. The molecule has 1 amide bonds. The number of thioether (sulfide) groups is 1. The number of oxime groups is 1. The summed E-state index contributed by atoms with van der Waals surface area (Å²) >= 11 is 2.87. The fourth-order valence-electron chi connectivity index (χ4n) is 1.46. The molecule has 1 aliphatic rings. The van der Waals surface area contributed by atoms with Gasteiger partial charge in [-0.25, -0.2) is 4.79 Å². The standard InChI is InChI=1S/C14H28N3O4PS2/c1-11(23-7)16-21-12(18)15-10-24-17(13(2,3)4)22-19-8-14(5,6)9-20-22/h8-10H2,1-7H3,(H,15,18). The first kappa shape index (κ1) is 22.0. The molecular weight excluding hydrogens is 369 g/mol. The monoisotopic (exact) mass is 397 g/mol. The summed E-state index contributed by atoms with van der Waals surface area (Å²) in [6.07, 6.45) is 1.29. The van der Waals surface area contributed by atoms with Gasteiger partial charge in [-0.2, -0.15) is 4.08 Å². The zero-order chi connectivity index (χ0) is 18.4. The molecule has 0 saturated carbocycles. The van der Waals surface area contributed by atoms with E-state index in [-0.39, 0.29) is 11.0 Å². The van der Waals surface area contributed by atoms with Gasteiger partial charge in [0.25, 0.3) is 8.53 Å². The third kappa shape index (κ3) is 7.89. The van der Waals surface area contributed by atoms with Crippen molar-refractivity contribution in [2.75, 3.05) is 25.3 Å². The Balaban J connectivity index is 2.49. The average molecular weight is 398 g/mol. The molecule has 0 spiro atoms. The normalized spacial score (nSPS) is 19.4. The third-order valence-corrected chi connectivity index (χ3v) is 6.88. The van der Waals surface area contributed by atoms with Crippen LogP contribution in [0.2, 0.25) is 0 Å². The maximum atomic E-state index is 11.6. The Morgan fingerprint density at radius 3 is 2.46 bits per heavy atom. The molecule has 1 aliphatic heterocycles. The minimum Gasteiger partial charge on any atom is -0.321 e. The maximum absolute atomic E-state index is 11.6. The summed E-state index contributed by atoms with van der Waals surface area (Å²) in [4.78, 5) is 16.4. The van der Waals surface area contributed by atoms with Crippen LogP contribution in [0.3, 0.4) is 0 Å². The van der Waals surface area contributed by atoms with Crippen LogP contribution in [0.1, 0.15) is 41.5 Å². The predicted octanol–water partition coefficient (Wildman–Crippen LogP) is 4.42. The Morgan fingerprint density at radius 2 is 1.96 bits per heavy atom. The number of amides is 1. The highest BCUT2D eigenvalue weighted by Crippen LogP contribution is 2.55. The van der Waals surface area contributed by atoms with Gasteiger partial charge >= 0.3 is 6.09 Å². The van der Waals surface area contributed by atoms with Gasteiger partial charge in [-0.15, -0.1) is 11.8 Å². The first-order chi connectivity index (χ1) is 11.0. The Morgan fingerprint density at radius 1 is 1.38 bits per heavy atom. The minimum atomic E-state index is -1.16. The molecule has 0 radical (unpaired) electrons. The summed E-state index contributed by atoms with van der Waals surface area (Å²) < 4.78 is 13.9. The second-order valence-electron chi connectivity index (χ2n) is 7.04. The highest BCUT2D eigenvalue weighted by molar-refractivity contribution is 8.13. The van der Waals surface area contributed by atoms with Crippen LogP contribution in [-0.4, -0.2) is 46.1 Å². The molecule has 1 N–H and O–H groups in total. The molecule has 10 heteroatoms. The van der Waals surface area contributed by atoms with Gasteiger partial charge in [0.1, 0.15) is 5.04 Å². The summed E-state index contributed by atoms with van der Waals surface area (Å²) in [7, 11) is -1.16. The van der Waals surface area contributed by atoms with Crippen molar-refractivity contribution in [3.05, 3.63) is 0 Å². The number of nitrogens with zero attached hydrogens (tertiary/aromatic N) is 2. The van der Waals surface area contributed by atoms with Crippen LogP contribution >= 0.6 is 32.2 Å². The van der Waals surface area contributed by atoms with Gasteiger partial charge < -0.3 is 14.4 Å². The lowest BCUT2D eigenvalue weighted by Crippen LogP contribution is -2.39. The molecule has 0 bridgehead atoms. The van der Waals surface area contributed by atoms with Gasteiger partial charge in [-0.1, -0.05) is 19.0 Å². The second kappa shape index (κ2) is 9.59. The van der Waals surface area contributed by atoms with E-state index >= 15 is 0 Å². The Hall–Kier alpha value is -0.0500. The molecule has 0 aromatic heterocycles. The molecule has 7 nitrogen and oxygen atoms in total. The number of nitrogens with one attached hydrogen (secondary N) is 1. The third-order valence-electron chi connectivity index (χ3n) is 2.81. The van der Waals surface area contributed by atoms with Crippen LogP contribution in [-0.2, 0) is 13.9 Å². The van der Waals surface area contributed by atoms with Crippen molar-refractivity contribution in [1.29, 1.82) is 0 Å². The van der Waals surface area contributed by atoms with Gasteiger partial charge in [-0.3, -0.25) is 4.84 Å². The lowest BCUT2D eigenvalue weighted by atomic mass is 9.97. The molecule has 1 rings (SSSR count). The smallest absolute Gasteiger partial charge is 0.321 e. The topological polar surface area (TPSA) is 72.4 Å². The average Bonchev–Trinajstić information content (AvgIpc) is 2.48. The maximum Gasteiger partial charge on any atom is 0.434 e. The molecule has 1 saturated heterocycles. The van der Waals surface area contributed by atoms with E-state index in [9.17, 15) is 4.79 Å². The first-order valence-electron chi connectivity index (χ1n) is 7.57. The quantitative estimate of drug-likeness (QED) is 0.140. The fraction of sp³-hybridized carbons (Fsp3) is 0.857. The van der Waals surface area contributed by atoms with Gasteiger partial charge in [0, 0.05) is 11.0 Å².